The zero-order chi connectivity index (χ0) is 14.5. The second kappa shape index (κ2) is 6.47. The zero-order valence-electron chi connectivity index (χ0n) is 10.2. The second-order valence-corrected chi connectivity index (χ2v) is 4.79. The summed E-state index contributed by atoms with van der Waals surface area (Å²) >= 11 is 3.03. The lowest BCUT2D eigenvalue weighted by Crippen LogP contribution is -2.14. The summed E-state index contributed by atoms with van der Waals surface area (Å²) in [6, 6.07) is 10.9. The van der Waals surface area contributed by atoms with Gasteiger partial charge in [0.2, 0.25) is 0 Å². The Morgan fingerprint density at radius 1 is 1.15 bits per heavy atom. The summed E-state index contributed by atoms with van der Waals surface area (Å²) in [4.78, 5) is 11.6. The van der Waals surface area contributed by atoms with Gasteiger partial charge in [0.25, 0.3) is 0 Å². The highest BCUT2D eigenvalue weighted by molar-refractivity contribution is 9.10. The van der Waals surface area contributed by atoms with E-state index in [4.69, 9.17) is 4.74 Å². The normalized spacial score (nSPS) is 10.2. The number of hydrogen-bond acceptors (Lipinski definition) is 2. The molecule has 0 aliphatic carbocycles. The number of rotatable bonds is 3. The van der Waals surface area contributed by atoms with Crippen molar-refractivity contribution in [2.45, 2.75) is 6.61 Å². The first-order valence-electron chi connectivity index (χ1n) is 5.68. The van der Waals surface area contributed by atoms with Crippen LogP contribution in [-0.2, 0) is 11.3 Å². The van der Waals surface area contributed by atoms with Crippen molar-refractivity contribution in [2.24, 2.45) is 0 Å². The van der Waals surface area contributed by atoms with E-state index >= 15 is 0 Å². The molecule has 0 bridgehead atoms. The first-order chi connectivity index (χ1) is 9.56. The number of hydrogen-bond donors (Lipinski definition) is 1. The van der Waals surface area contributed by atoms with Gasteiger partial charge in [0, 0.05) is 10.5 Å². The number of anilines is 1. The summed E-state index contributed by atoms with van der Waals surface area (Å²) in [5.74, 6) is -2.05. The minimum atomic E-state index is -1.05. The van der Waals surface area contributed by atoms with E-state index in [9.17, 15) is 13.6 Å². The van der Waals surface area contributed by atoms with Crippen molar-refractivity contribution in [1.29, 1.82) is 0 Å². The maximum absolute atomic E-state index is 13.1. The average molecular weight is 342 g/mol. The number of benzene rings is 2. The molecular weight excluding hydrogens is 332 g/mol. The molecule has 104 valence electrons. The maximum atomic E-state index is 13.1. The summed E-state index contributed by atoms with van der Waals surface area (Å²) in [7, 11) is 0. The van der Waals surface area contributed by atoms with E-state index in [0.717, 1.165) is 17.7 Å². The van der Waals surface area contributed by atoms with Gasteiger partial charge in [0.15, 0.2) is 11.6 Å². The van der Waals surface area contributed by atoms with Gasteiger partial charge in [-0.3, -0.25) is 5.32 Å². The van der Waals surface area contributed by atoms with Gasteiger partial charge in [-0.2, -0.15) is 0 Å². The lowest BCUT2D eigenvalue weighted by atomic mass is 10.2. The quantitative estimate of drug-likeness (QED) is 0.836. The maximum Gasteiger partial charge on any atom is 0.411 e. The van der Waals surface area contributed by atoms with Crippen molar-refractivity contribution in [2.75, 3.05) is 5.32 Å². The van der Waals surface area contributed by atoms with Crippen LogP contribution in [0.1, 0.15) is 5.56 Å². The van der Waals surface area contributed by atoms with Crippen molar-refractivity contribution in [3.05, 3.63) is 64.1 Å². The lowest BCUT2D eigenvalue weighted by molar-refractivity contribution is 0.155. The van der Waals surface area contributed by atoms with Gasteiger partial charge in [-0.25, -0.2) is 13.6 Å². The molecule has 2 rings (SSSR count). The largest absolute Gasteiger partial charge is 0.444 e. The molecule has 0 saturated heterocycles. The Labute approximate surface area is 122 Å². The Bertz CT molecular complexity index is 620. The fourth-order valence-electron chi connectivity index (χ4n) is 1.49. The number of carbonyl (C=O) groups is 1. The molecule has 0 radical (unpaired) electrons. The van der Waals surface area contributed by atoms with Crippen LogP contribution < -0.4 is 5.32 Å². The second-order valence-electron chi connectivity index (χ2n) is 3.93. The van der Waals surface area contributed by atoms with Crippen LogP contribution >= 0.6 is 15.9 Å². The van der Waals surface area contributed by atoms with Gasteiger partial charge in [0.05, 0.1) is 5.69 Å². The Morgan fingerprint density at radius 2 is 1.80 bits per heavy atom. The van der Waals surface area contributed by atoms with E-state index in [2.05, 4.69) is 21.2 Å². The van der Waals surface area contributed by atoms with E-state index < -0.39 is 17.7 Å². The highest BCUT2D eigenvalue weighted by atomic mass is 79.9. The molecule has 0 aromatic heterocycles. The molecule has 0 spiro atoms. The topological polar surface area (TPSA) is 38.3 Å². The first-order valence-corrected chi connectivity index (χ1v) is 6.48. The molecule has 6 heteroatoms. The molecule has 1 N–H and O–H groups in total. The molecule has 0 heterocycles. The van der Waals surface area contributed by atoms with Crippen LogP contribution in [0.25, 0.3) is 0 Å². The fourth-order valence-corrected chi connectivity index (χ4v) is 1.90. The van der Waals surface area contributed by atoms with E-state index in [1.54, 1.807) is 12.1 Å². The van der Waals surface area contributed by atoms with Gasteiger partial charge in [0.1, 0.15) is 6.61 Å². The van der Waals surface area contributed by atoms with Gasteiger partial charge in [-0.1, -0.05) is 30.3 Å². The Balaban J connectivity index is 1.97. The minimum Gasteiger partial charge on any atom is -0.444 e. The van der Waals surface area contributed by atoms with E-state index in [0.29, 0.717) is 0 Å². The number of amides is 1. The smallest absolute Gasteiger partial charge is 0.411 e. The molecule has 0 aliphatic rings. The molecule has 0 fully saturated rings. The van der Waals surface area contributed by atoms with Gasteiger partial charge in [-0.15, -0.1) is 0 Å². The highest BCUT2D eigenvalue weighted by Gasteiger charge is 2.11. The molecule has 1 amide bonds. The van der Waals surface area contributed by atoms with Crippen LogP contribution in [0.2, 0.25) is 0 Å². The molecule has 20 heavy (non-hydrogen) atoms. The monoisotopic (exact) mass is 341 g/mol. The van der Waals surface area contributed by atoms with Crippen molar-refractivity contribution in [1.82, 2.24) is 0 Å². The van der Waals surface area contributed by atoms with Crippen LogP contribution in [0, 0.1) is 11.6 Å². The lowest BCUT2D eigenvalue weighted by Gasteiger charge is -2.09. The third kappa shape index (κ3) is 3.77. The van der Waals surface area contributed by atoms with Crippen LogP contribution in [-0.4, -0.2) is 6.09 Å². The molecule has 2 aromatic carbocycles. The molecular formula is C14H10BrF2NO2. The molecule has 0 saturated carbocycles. The summed E-state index contributed by atoms with van der Waals surface area (Å²) in [6.45, 7) is 0.0912. The number of carbonyl (C=O) groups excluding carboxylic acids is 1. The fraction of sp³-hybridized carbons (Fsp3) is 0.0714. The van der Waals surface area contributed by atoms with Crippen LogP contribution in [0.5, 0.6) is 0 Å². The highest BCUT2D eigenvalue weighted by Crippen LogP contribution is 2.25. The Kier molecular flexibility index (Phi) is 4.68. The third-order valence-corrected chi connectivity index (χ3v) is 3.12. The van der Waals surface area contributed by atoms with Crippen LogP contribution in [0.3, 0.4) is 0 Å². The third-order valence-electron chi connectivity index (χ3n) is 2.46. The first kappa shape index (κ1) is 14.5. The summed E-state index contributed by atoms with van der Waals surface area (Å²) in [5.41, 5.74) is 0.925. The molecule has 2 aromatic rings. The number of halogens is 3. The van der Waals surface area contributed by atoms with Gasteiger partial charge >= 0.3 is 6.09 Å². The van der Waals surface area contributed by atoms with Gasteiger partial charge < -0.3 is 4.74 Å². The Hall–Kier alpha value is -1.95. The average Bonchev–Trinajstić information content (AvgIpc) is 2.44. The SMILES string of the molecule is O=C(Nc1cc(F)c(F)cc1Br)OCc1ccccc1. The summed E-state index contributed by atoms with van der Waals surface area (Å²) in [6.07, 6.45) is -0.749. The minimum absolute atomic E-state index is 0.0912. The van der Waals surface area contributed by atoms with Gasteiger partial charge in [-0.05, 0) is 27.6 Å². The number of nitrogens with one attached hydrogen (secondary N) is 1. The molecule has 0 aliphatic heterocycles. The molecule has 0 atom stereocenters. The zero-order valence-corrected chi connectivity index (χ0v) is 11.8. The van der Waals surface area contributed by atoms with Crippen molar-refractivity contribution < 1.29 is 18.3 Å². The van der Waals surface area contributed by atoms with E-state index in [1.807, 2.05) is 18.2 Å². The van der Waals surface area contributed by atoms with Crippen molar-refractivity contribution in [3.8, 4) is 0 Å². The predicted octanol–water partition coefficient (Wildman–Crippen LogP) is 4.48. The standard InChI is InChI=1S/C14H10BrF2NO2/c15-10-6-11(16)12(17)7-13(10)18-14(19)20-8-9-4-2-1-3-5-9/h1-7H,8H2,(H,18,19). The van der Waals surface area contributed by atoms with Crippen molar-refractivity contribution in [3.63, 3.8) is 0 Å². The van der Waals surface area contributed by atoms with Crippen molar-refractivity contribution >= 4 is 27.7 Å². The summed E-state index contributed by atoms with van der Waals surface area (Å²) in [5, 5.41) is 2.33. The summed E-state index contributed by atoms with van der Waals surface area (Å²) < 4.78 is 31.2. The number of ether oxygens (including phenoxy) is 1. The molecule has 3 nitrogen and oxygen atoms in total. The van der Waals surface area contributed by atoms with E-state index in [-0.39, 0.29) is 16.8 Å². The molecule has 0 unspecified atom stereocenters. The van der Waals surface area contributed by atoms with Crippen LogP contribution in [0.4, 0.5) is 19.3 Å². The predicted molar refractivity (Wildman–Crippen MR) is 74.3 cm³/mol. The van der Waals surface area contributed by atoms with E-state index in [1.165, 1.54) is 0 Å². The Morgan fingerprint density at radius 3 is 2.50 bits per heavy atom. The van der Waals surface area contributed by atoms with Crippen LogP contribution in [0.15, 0.2) is 46.9 Å².